The van der Waals surface area contributed by atoms with Crippen molar-refractivity contribution in [2.75, 3.05) is 5.32 Å². The Morgan fingerprint density at radius 1 is 1.10 bits per heavy atom. The first kappa shape index (κ1) is 15.4. The van der Waals surface area contributed by atoms with E-state index in [2.05, 4.69) is 26.2 Å². The highest BCUT2D eigenvalue weighted by molar-refractivity contribution is 9.10. The number of hydrogen-bond donors (Lipinski definition) is 1. The van der Waals surface area contributed by atoms with Gasteiger partial charge in [-0.25, -0.2) is 4.98 Å². The normalized spacial score (nSPS) is 10.6. The summed E-state index contributed by atoms with van der Waals surface area (Å²) in [7, 11) is 0. The van der Waals surface area contributed by atoms with Crippen molar-refractivity contribution < 1.29 is 9.59 Å². The molecule has 1 aromatic carbocycles. The maximum atomic E-state index is 11.8. The SMILES string of the molecule is O=C(/C=C/C(=O)c1ccc(Br)cc1)Nc1ccc(Cl)cn1. The molecule has 21 heavy (non-hydrogen) atoms. The molecule has 0 bridgehead atoms. The number of rotatable bonds is 4. The van der Waals surface area contributed by atoms with E-state index in [4.69, 9.17) is 11.6 Å². The number of nitrogens with one attached hydrogen (secondary N) is 1. The third-order valence-electron chi connectivity index (χ3n) is 2.49. The number of carbonyl (C=O) groups excluding carboxylic acids is 2. The van der Waals surface area contributed by atoms with Gasteiger partial charge in [-0.2, -0.15) is 0 Å². The number of benzene rings is 1. The van der Waals surface area contributed by atoms with Crippen molar-refractivity contribution in [3.05, 3.63) is 69.8 Å². The van der Waals surface area contributed by atoms with Gasteiger partial charge in [-0.05, 0) is 42.5 Å². The van der Waals surface area contributed by atoms with E-state index >= 15 is 0 Å². The zero-order valence-corrected chi connectivity index (χ0v) is 13.1. The zero-order valence-electron chi connectivity index (χ0n) is 10.7. The summed E-state index contributed by atoms with van der Waals surface area (Å²) < 4.78 is 0.884. The predicted octanol–water partition coefficient (Wildman–Crippen LogP) is 3.88. The quantitative estimate of drug-likeness (QED) is 0.661. The number of amides is 1. The van der Waals surface area contributed by atoms with E-state index in [-0.39, 0.29) is 5.78 Å². The van der Waals surface area contributed by atoms with Gasteiger partial charge in [0, 0.05) is 22.3 Å². The summed E-state index contributed by atoms with van der Waals surface area (Å²) in [5.74, 6) is -0.317. The highest BCUT2D eigenvalue weighted by atomic mass is 79.9. The van der Waals surface area contributed by atoms with Crippen LogP contribution in [-0.4, -0.2) is 16.7 Å². The minimum absolute atomic E-state index is 0.248. The van der Waals surface area contributed by atoms with Crippen LogP contribution in [0.2, 0.25) is 5.02 Å². The molecule has 106 valence electrons. The van der Waals surface area contributed by atoms with Crippen LogP contribution in [0.25, 0.3) is 0 Å². The van der Waals surface area contributed by atoms with Crippen molar-refractivity contribution >= 4 is 45.0 Å². The van der Waals surface area contributed by atoms with Gasteiger partial charge in [0.2, 0.25) is 5.91 Å². The van der Waals surface area contributed by atoms with E-state index in [1.54, 1.807) is 36.4 Å². The lowest BCUT2D eigenvalue weighted by molar-refractivity contribution is -0.111. The lowest BCUT2D eigenvalue weighted by atomic mass is 10.1. The number of halogens is 2. The van der Waals surface area contributed by atoms with Crippen LogP contribution < -0.4 is 5.32 Å². The number of ketones is 1. The van der Waals surface area contributed by atoms with Crippen LogP contribution in [-0.2, 0) is 4.79 Å². The zero-order chi connectivity index (χ0) is 15.2. The van der Waals surface area contributed by atoms with Crippen LogP contribution in [0.1, 0.15) is 10.4 Å². The molecule has 6 heteroatoms. The first-order valence-electron chi connectivity index (χ1n) is 5.95. The molecular weight excluding hydrogens is 356 g/mol. The van der Waals surface area contributed by atoms with Gasteiger partial charge in [0.05, 0.1) is 5.02 Å². The molecule has 0 aliphatic carbocycles. The second kappa shape index (κ2) is 7.15. The topological polar surface area (TPSA) is 59.1 Å². The fourth-order valence-electron chi connectivity index (χ4n) is 1.48. The van der Waals surface area contributed by atoms with Gasteiger partial charge >= 0.3 is 0 Å². The molecule has 0 fully saturated rings. The monoisotopic (exact) mass is 364 g/mol. The summed E-state index contributed by atoms with van der Waals surface area (Å²) in [5, 5.41) is 3.01. The lowest BCUT2D eigenvalue weighted by Crippen LogP contribution is -2.09. The Hall–Kier alpha value is -1.98. The Morgan fingerprint density at radius 2 is 1.81 bits per heavy atom. The Kier molecular flexibility index (Phi) is 5.25. The van der Waals surface area contributed by atoms with Crippen LogP contribution in [0.5, 0.6) is 0 Å². The van der Waals surface area contributed by atoms with Gasteiger partial charge in [0.25, 0.3) is 0 Å². The van der Waals surface area contributed by atoms with E-state index in [9.17, 15) is 9.59 Å². The van der Waals surface area contributed by atoms with E-state index in [0.29, 0.717) is 16.4 Å². The van der Waals surface area contributed by atoms with Gasteiger partial charge in [-0.3, -0.25) is 9.59 Å². The maximum Gasteiger partial charge on any atom is 0.249 e. The molecule has 0 saturated carbocycles. The minimum Gasteiger partial charge on any atom is -0.307 e. The van der Waals surface area contributed by atoms with Crippen molar-refractivity contribution in [1.29, 1.82) is 0 Å². The average Bonchev–Trinajstić information content (AvgIpc) is 2.48. The maximum absolute atomic E-state index is 11.8. The van der Waals surface area contributed by atoms with Crippen LogP contribution in [0, 0.1) is 0 Å². The predicted molar refractivity (Wildman–Crippen MR) is 85.5 cm³/mol. The van der Waals surface area contributed by atoms with Gasteiger partial charge in [-0.1, -0.05) is 27.5 Å². The molecule has 0 aliphatic rings. The van der Waals surface area contributed by atoms with Crippen LogP contribution in [0.15, 0.2) is 59.2 Å². The minimum atomic E-state index is -0.435. The molecule has 0 unspecified atom stereocenters. The van der Waals surface area contributed by atoms with Crippen molar-refractivity contribution in [3.63, 3.8) is 0 Å². The van der Waals surface area contributed by atoms with E-state index in [0.717, 1.165) is 4.47 Å². The molecule has 2 rings (SSSR count). The van der Waals surface area contributed by atoms with Crippen molar-refractivity contribution in [3.8, 4) is 0 Å². The summed E-state index contributed by atoms with van der Waals surface area (Å²) in [5.41, 5.74) is 0.506. The molecule has 0 saturated heterocycles. The third kappa shape index (κ3) is 4.81. The third-order valence-corrected chi connectivity index (χ3v) is 3.25. The van der Waals surface area contributed by atoms with Gasteiger partial charge < -0.3 is 5.32 Å². The van der Waals surface area contributed by atoms with Gasteiger partial charge in [0.1, 0.15) is 5.82 Å². The average molecular weight is 366 g/mol. The number of pyridine rings is 1. The van der Waals surface area contributed by atoms with Crippen LogP contribution >= 0.6 is 27.5 Å². The van der Waals surface area contributed by atoms with E-state index in [1.165, 1.54) is 18.3 Å². The standard InChI is InChI=1S/C15H10BrClN2O2/c16-11-3-1-10(2-4-11)13(20)6-8-15(21)19-14-7-5-12(17)9-18-14/h1-9H,(H,18,19,21)/b8-6+. The fourth-order valence-corrected chi connectivity index (χ4v) is 1.86. The summed E-state index contributed by atoms with van der Waals surface area (Å²) in [6.45, 7) is 0. The molecule has 0 spiro atoms. The second-order valence-corrected chi connectivity index (χ2v) is 5.41. The molecule has 1 heterocycles. The first-order chi connectivity index (χ1) is 10.0. The number of carbonyl (C=O) groups is 2. The largest absolute Gasteiger partial charge is 0.307 e. The van der Waals surface area contributed by atoms with E-state index < -0.39 is 5.91 Å². The Morgan fingerprint density at radius 3 is 2.43 bits per heavy atom. The molecule has 1 amide bonds. The van der Waals surface area contributed by atoms with Crippen LogP contribution in [0.3, 0.4) is 0 Å². The Balaban J connectivity index is 1.96. The van der Waals surface area contributed by atoms with Crippen molar-refractivity contribution in [2.45, 2.75) is 0 Å². The van der Waals surface area contributed by atoms with Gasteiger partial charge in [-0.15, -0.1) is 0 Å². The highest BCUT2D eigenvalue weighted by Gasteiger charge is 2.03. The number of hydrogen-bond acceptors (Lipinski definition) is 3. The fraction of sp³-hybridized carbons (Fsp3) is 0. The molecule has 2 aromatic rings. The smallest absolute Gasteiger partial charge is 0.249 e. The van der Waals surface area contributed by atoms with Gasteiger partial charge in [0.15, 0.2) is 5.78 Å². The Labute approximate surface area is 135 Å². The van der Waals surface area contributed by atoms with Crippen molar-refractivity contribution in [2.24, 2.45) is 0 Å². The number of nitrogens with zero attached hydrogens (tertiary/aromatic N) is 1. The molecule has 1 aromatic heterocycles. The summed E-state index contributed by atoms with van der Waals surface area (Å²) >= 11 is 8.98. The first-order valence-corrected chi connectivity index (χ1v) is 7.12. The summed E-state index contributed by atoms with van der Waals surface area (Å²) in [4.78, 5) is 27.4. The van der Waals surface area contributed by atoms with Crippen molar-refractivity contribution in [1.82, 2.24) is 4.98 Å². The molecule has 1 N–H and O–H groups in total. The summed E-state index contributed by atoms with van der Waals surface area (Å²) in [6, 6.07) is 10.1. The molecule has 0 atom stereocenters. The van der Waals surface area contributed by atoms with E-state index in [1.807, 2.05) is 0 Å². The Bertz CT molecular complexity index is 682. The molecular formula is C15H10BrClN2O2. The molecule has 0 radical (unpaired) electrons. The lowest BCUT2D eigenvalue weighted by Gasteiger charge is -2.00. The molecule has 0 aliphatic heterocycles. The number of anilines is 1. The molecule has 4 nitrogen and oxygen atoms in total. The summed E-state index contributed by atoms with van der Waals surface area (Å²) in [6.07, 6.45) is 3.81. The number of aromatic nitrogens is 1. The highest BCUT2D eigenvalue weighted by Crippen LogP contribution is 2.12. The van der Waals surface area contributed by atoms with Crippen LogP contribution in [0.4, 0.5) is 5.82 Å². The second-order valence-electron chi connectivity index (χ2n) is 4.06. The number of allylic oxidation sites excluding steroid dienone is 1.